The number of hydrogen-bond acceptors (Lipinski definition) is 3. The van der Waals surface area contributed by atoms with Crippen molar-refractivity contribution in [2.24, 2.45) is 13.0 Å². The molecule has 18 heavy (non-hydrogen) atoms. The number of aromatic nitrogens is 4. The van der Waals surface area contributed by atoms with Gasteiger partial charge in [0.05, 0.1) is 12.4 Å². The first-order chi connectivity index (χ1) is 8.56. The number of nitrogens with zero attached hydrogens (tertiary/aromatic N) is 4. The summed E-state index contributed by atoms with van der Waals surface area (Å²) in [7, 11) is 1.94. The highest BCUT2D eigenvalue weighted by atomic mass is 15.3. The van der Waals surface area contributed by atoms with E-state index in [0.29, 0.717) is 5.92 Å². The molecule has 2 heterocycles. The van der Waals surface area contributed by atoms with E-state index in [2.05, 4.69) is 42.5 Å². The molecule has 0 saturated carbocycles. The van der Waals surface area contributed by atoms with E-state index in [-0.39, 0.29) is 0 Å². The Labute approximate surface area is 108 Å². The Kier molecular flexibility index (Phi) is 3.69. The van der Waals surface area contributed by atoms with E-state index in [1.807, 2.05) is 28.8 Å². The normalized spacial score (nSPS) is 11.2. The Hall–Kier alpha value is -1.78. The molecule has 0 aromatic carbocycles. The highest BCUT2D eigenvalue weighted by Crippen LogP contribution is 2.13. The molecule has 2 aromatic heterocycles. The number of nitrogens with one attached hydrogen (secondary N) is 1. The largest absolute Gasteiger partial charge is 0.366 e. The maximum absolute atomic E-state index is 4.36. The molecular weight excluding hydrogens is 226 g/mol. The zero-order chi connectivity index (χ0) is 13.1. The second-order valence-corrected chi connectivity index (χ2v) is 5.12. The van der Waals surface area contributed by atoms with Gasteiger partial charge in [-0.1, -0.05) is 13.8 Å². The maximum Gasteiger partial charge on any atom is 0.127 e. The van der Waals surface area contributed by atoms with Crippen molar-refractivity contribution in [2.75, 3.05) is 5.32 Å². The molecule has 0 aliphatic carbocycles. The zero-order valence-corrected chi connectivity index (χ0v) is 11.5. The Balaban J connectivity index is 1.96. The van der Waals surface area contributed by atoms with Crippen molar-refractivity contribution in [3.8, 4) is 0 Å². The van der Waals surface area contributed by atoms with E-state index in [9.17, 15) is 0 Å². The van der Waals surface area contributed by atoms with Crippen molar-refractivity contribution in [2.45, 2.75) is 33.9 Å². The van der Waals surface area contributed by atoms with Crippen molar-refractivity contribution in [3.63, 3.8) is 0 Å². The lowest BCUT2D eigenvalue weighted by Gasteiger charge is -2.06. The lowest BCUT2D eigenvalue weighted by atomic mass is 10.2. The van der Waals surface area contributed by atoms with Gasteiger partial charge in [0.2, 0.25) is 0 Å². The molecule has 5 heteroatoms. The molecule has 2 aromatic rings. The fourth-order valence-corrected chi connectivity index (χ4v) is 1.96. The first-order valence-corrected chi connectivity index (χ1v) is 6.30. The lowest BCUT2D eigenvalue weighted by Crippen LogP contribution is -2.06. The topological polar surface area (TPSA) is 47.7 Å². The van der Waals surface area contributed by atoms with Gasteiger partial charge in [0, 0.05) is 37.5 Å². The van der Waals surface area contributed by atoms with E-state index in [1.165, 1.54) is 5.56 Å². The molecule has 2 rings (SSSR count). The molecule has 0 bridgehead atoms. The van der Waals surface area contributed by atoms with Gasteiger partial charge >= 0.3 is 0 Å². The predicted molar refractivity (Wildman–Crippen MR) is 72.3 cm³/mol. The third-order valence-corrected chi connectivity index (χ3v) is 2.82. The van der Waals surface area contributed by atoms with Crippen molar-refractivity contribution >= 4 is 5.82 Å². The van der Waals surface area contributed by atoms with Crippen LogP contribution in [0.4, 0.5) is 5.82 Å². The Morgan fingerprint density at radius 2 is 2.06 bits per heavy atom. The van der Waals surface area contributed by atoms with Gasteiger partial charge in [-0.15, -0.1) is 0 Å². The van der Waals surface area contributed by atoms with Crippen molar-refractivity contribution < 1.29 is 0 Å². The zero-order valence-electron chi connectivity index (χ0n) is 11.5. The van der Waals surface area contributed by atoms with E-state index in [4.69, 9.17) is 0 Å². The maximum atomic E-state index is 4.36. The Bertz CT molecular complexity index is 490. The molecule has 0 unspecified atom stereocenters. The SMILES string of the molecule is Cc1cnn(C)c1NCc1cnn(CC(C)C)c1. The average molecular weight is 247 g/mol. The highest BCUT2D eigenvalue weighted by Gasteiger charge is 2.05. The highest BCUT2D eigenvalue weighted by molar-refractivity contribution is 5.43. The second kappa shape index (κ2) is 5.25. The van der Waals surface area contributed by atoms with E-state index in [1.54, 1.807) is 0 Å². The standard InChI is InChI=1S/C13H21N5/c1-10(2)8-18-9-12(7-16-18)6-14-13-11(3)5-15-17(13)4/h5,7,9-10,14H,6,8H2,1-4H3. The summed E-state index contributed by atoms with van der Waals surface area (Å²) in [5, 5.41) is 12.0. The monoisotopic (exact) mass is 247 g/mol. The molecule has 0 spiro atoms. The molecule has 0 fully saturated rings. The first-order valence-electron chi connectivity index (χ1n) is 6.30. The van der Waals surface area contributed by atoms with Gasteiger partial charge in [0.25, 0.3) is 0 Å². The predicted octanol–water partition coefficient (Wildman–Crippen LogP) is 2.19. The molecule has 0 atom stereocenters. The van der Waals surface area contributed by atoms with Gasteiger partial charge in [0.15, 0.2) is 0 Å². The van der Waals surface area contributed by atoms with Gasteiger partial charge < -0.3 is 5.32 Å². The van der Waals surface area contributed by atoms with Gasteiger partial charge in [-0.25, -0.2) is 0 Å². The fraction of sp³-hybridized carbons (Fsp3) is 0.538. The summed E-state index contributed by atoms with van der Waals surface area (Å²) < 4.78 is 3.85. The molecular formula is C13H21N5. The number of rotatable bonds is 5. The summed E-state index contributed by atoms with van der Waals surface area (Å²) in [6, 6.07) is 0. The van der Waals surface area contributed by atoms with Gasteiger partial charge in [-0.3, -0.25) is 9.36 Å². The second-order valence-electron chi connectivity index (χ2n) is 5.12. The molecule has 0 radical (unpaired) electrons. The van der Waals surface area contributed by atoms with Crippen LogP contribution in [0.15, 0.2) is 18.6 Å². The number of aryl methyl sites for hydroxylation is 2. The van der Waals surface area contributed by atoms with Crippen LogP contribution < -0.4 is 5.32 Å². The molecule has 0 saturated heterocycles. The van der Waals surface area contributed by atoms with E-state index >= 15 is 0 Å². The smallest absolute Gasteiger partial charge is 0.127 e. The lowest BCUT2D eigenvalue weighted by molar-refractivity contribution is 0.483. The van der Waals surface area contributed by atoms with Gasteiger partial charge in [-0.2, -0.15) is 10.2 Å². The Morgan fingerprint density at radius 3 is 2.67 bits per heavy atom. The summed E-state index contributed by atoms with van der Waals surface area (Å²) in [6.45, 7) is 8.18. The summed E-state index contributed by atoms with van der Waals surface area (Å²) >= 11 is 0. The van der Waals surface area contributed by atoms with Crippen LogP contribution in [0.3, 0.4) is 0 Å². The number of hydrogen-bond donors (Lipinski definition) is 1. The molecule has 0 amide bonds. The van der Waals surface area contributed by atoms with Crippen LogP contribution in [0, 0.1) is 12.8 Å². The summed E-state index contributed by atoms with van der Waals surface area (Å²) in [4.78, 5) is 0. The van der Waals surface area contributed by atoms with Crippen LogP contribution in [0.25, 0.3) is 0 Å². The third kappa shape index (κ3) is 2.91. The van der Waals surface area contributed by atoms with Crippen molar-refractivity contribution in [1.29, 1.82) is 0 Å². The van der Waals surface area contributed by atoms with Crippen LogP contribution >= 0.6 is 0 Å². The van der Waals surface area contributed by atoms with Crippen LogP contribution in [0.5, 0.6) is 0 Å². The molecule has 0 aliphatic rings. The van der Waals surface area contributed by atoms with Crippen LogP contribution in [-0.2, 0) is 20.1 Å². The molecule has 98 valence electrons. The van der Waals surface area contributed by atoms with Crippen molar-refractivity contribution in [1.82, 2.24) is 19.6 Å². The van der Waals surface area contributed by atoms with Crippen LogP contribution in [0.2, 0.25) is 0 Å². The van der Waals surface area contributed by atoms with Crippen LogP contribution in [0.1, 0.15) is 25.0 Å². The first kappa shape index (κ1) is 12.7. The minimum atomic E-state index is 0.616. The van der Waals surface area contributed by atoms with Gasteiger partial charge in [0.1, 0.15) is 5.82 Å². The summed E-state index contributed by atoms with van der Waals surface area (Å²) in [5.41, 5.74) is 2.35. The van der Waals surface area contributed by atoms with E-state index < -0.39 is 0 Å². The summed E-state index contributed by atoms with van der Waals surface area (Å²) in [5.74, 6) is 1.68. The van der Waals surface area contributed by atoms with Crippen molar-refractivity contribution in [3.05, 3.63) is 29.7 Å². The van der Waals surface area contributed by atoms with E-state index in [0.717, 1.165) is 24.5 Å². The molecule has 1 N–H and O–H groups in total. The fourth-order valence-electron chi connectivity index (χ4n) is 1.96. The minimum absolute atomic E-state index is 0.616. The third-order valence-electron chi connectivity index (χ3n) is 2.82. The van der Waals surface area contributed by atoms with Crippen LogP contribution in [-0.4, -0.2) is 19.6 Å². The summed E-state index contributed by atoms with van der Waals surface area (Å²) in [6.07, 6.45) is 5.88. The average Bonchev–Trinajstić information content (AvgIpc) is 2.84. The molecule has 5 nitrogen and oxygen atoms in total. The van der Waals surface area contributed by atoms with Gasteiger partial charge in [-0.05, 0) is 12.8 Å². The Morgan fingerprint density at radius 1 is 1.28 bits per heavy atom. The number of anilines is 1. The quantitative estimate of drug-likeness (QED) is 0.881. The molecule has 0 aliphatic heterocycles. The minimum Gasteiger partial charge on any atom is -0.366 e.